The molecular weight excluding hydrogens is 248 g/mol. The number of hydrogen-bond donors (Lipinski definition) is 0. The maximum Gasteiger partial charge on any atom is 0.158 e. The molecule has 2 heteroatoms. The molecule has 2 aliphatic rings. The van der Waals surface area contributed by atoms with Gasteiger partial charge in [-0.1, -0.05) is 48.6 Å². The fourth-order valence-corrected chi connectivity index (χ4v) is 3.14. The second-order valence-electron chi connectivity index (χ2n) is 5.56. The molecule has 1 saturated carbocycles. The van der Waals surface area contributed by atoms with Gasteiger partial charge < -0.3 is 4.74 Å². The molecule has 0 spiro atoms. The van der Waals surface area contributed by atoms with E-state index < -0.39 is 0 Å². The third kappa shape index (κ3) is 2.91. The van der Waals surface area contributed by atoms with Gasteiger partial charge in [-0.2, -0.15) is 0 Å². The monoisotopic (exact) mass is 268 g/mol. The molecule has 104 valence electrons. The van der Waals surface area contributed by atoms with Gasteiger partial charge in [0.2, 0.25) is 0 Å². The highest BCUT2D eigenvalue weighted by Gasteiger charge is 2.33. The van der Waals surface area contributed by atoms with Crippen molar-refractivity contribution in [2.45, 2.75) is 25.9 Å². The highest BCUT2D eigenvalue weighted by atomic mass is 16.5. The molecular formula is C18H20O2. The molecule has 0 aromatic heterocycles. The van der Waals surface area contributed by atoms with Gasteiger partial charge in [0, 0.05) is 12.3 Å². The molecule has 0 heterocycles. The SMILES string of the molecule is O=C1CC[C@@H]2C1=CCC=C[C@@H]2COCc1ccccc1. The van der Waals surface area contributed by atoms with Gasteiger partial charge in [-0.25, -0.2) is 0 Å². The topological polar surface area (TPSA) is 26.3 Å². The summed E-state index contributed by atoms with van der Waals surface area (Å²) >= 11 is 0. The first-order valence-corrected chi connectivity index (χ1v) is 7.36. The van der Waals surface area contributed by atoms with Gasteiger partial charge in [0.25, 0.3) is 0 Å². The highest BCUT2D eigenvalue weighted by Crippen LogP contribution is 2.37. The lowest BCUT2D eigenvalue weighted by molar-refractivity contribution is -0.114. The Morgan fingerprint density at radius 3 is 2.90 bits per heavy atom. The van der Waals surface area contributed by atoms with Gasteiger partial charge in [-0.3, -0.25) is 4.79 Å². The molecule has 0 N–H and O–H groups in total. The molecule has 2 aliphatic carbocycles. The Labute approximate surface area is 120 Å². The minimum Gasteiger partial charge on any atom is -0.376 e. The van der Waals surface area contributed by atoms with Crippen LogP contribution in [0.3, 0.4) is 0 Å². The zero-order valence-corrected chi connectivity index (χ0v) is 11.6. The van der Waals surface area contributed by atoms with Crippen LogP contribution in [0.4, 0.5) is 0 Å². The van der Waals surface area contributed by atoms with Crippen molar-refractivity contribution >= 4 is 5.78 Å². The summed E-state index contributed by atoms with van der Waals surface area (Å²) in [6, 6.07) is 10.2. The summed E-state index contributed by atoms with van der Waals surface area (Å²) in [6.07, 6.45) is 9.07. The number of Topliss-reactive ketones (excluding diaryl/α,β-unsaturated/α-hetero) is 1. The number of carbonyl (C=O) groups excluding carboxylic acids is 1. The molecule has 2 nitrogen and oxygen atoms in total. The molecule has 2 atom stereocenters. The lowest BCUT2D eigenvalue weighted by atomic mass is 9.89. The number of benzene rings is 1. The van der Waals surface area contributed by atoms with E-state index in [4.69, 9.17) is 4.74 Å². The normalized spacial score (nSPS) is 25.2. The van der Waals surface area contributed by atoms with E-state index in [0.29, 0.717) is 37.3 Å². The van der Waals surface area contributed by atoms with Crippen LogP contribution in [0.2, 0.25) is 0 Å². The van der Waals surface area contributed by atoms with Gasteiger partial charge in [0.15, 0.2) is 5.78 Å². The number of hydrogen-bond acceptors (Lipinski definition) is 2. The molecule has 1 aromatic carbocycles. The molecule has 0 aliphatic heterocycles. The van der Waals surface area contributed by atoms with Crippen molar-refractivity contribution in [1.29, 1.82) is 0 Å². The maximum atomic E-state index is 11.9. The molecule has 0 saturated heterocycles. The average Bonchev–Trinajstić information content (AvgIpc) is 2.72. The first-order valence-electron chi connectivity index (χ1n) is 7.36. The van der Waals surface area contributed by atoms with E-state index >= 15 is 0 Å². The van der Waals surface area contributed by atoms with Crippen LogP contribution in [0, 0.1) is 11.8 Å². The van der Waals surface area contributed by atoms with Crippen molar-refractivity contribution in [2.24, 2.45) is 11.8 Å². The zero-order chi connectivity index (χ0) is 13.8. The van der Waals surface area contributed by atoms with Gasteiger partial charge in [-0.05, 0) is 29.9 Å². The van der Waals surface area contributed by atoms with Crippen molar-refractivity contribution in [3.63, 3.8) is 0 Å². The van der Waals surface area contributed by atoms with Crippen LogP contribution in [0.5, 0.6) is 0 Å². The van der Waals surface area contributed by atoms with E-state index in [1.807, 2.05) is 18.2 Å². The molecule has 0 amide bonds. The summed E-state index contributed by atoms with van der Waals surface area (Å²) in [7, 11) is 0. The fraction of sp³-hybridized carbons (Fsp3) is 0.389. The van der Waals surface area contributed by atoms with Crippen LogP contribution in [-0.4, -0.2) is 12.4 Å². The van der Waals surface area contributed by atoms with Crippen molar-refractivity contribution in [3.8, 4) is 0 Å². The number of carbonyl (C=O) groups is 1. The van der Waals surface area contributed by atoms with Gasteiger partial charge >= 0.3 is 0 Å². The van der Waals surface area contributed by atoms with Gasteiger partial charge in [-0.15, -0.1) is 0 Å². The maximum absolute atomic E-state index is 11.9. The molecule has 1 fully saturated rings. The minimum absolute atomic E-state index is 0.340. The van der Waals surface area contributed by atoms with Crippen molar-refractivity contribution in [3.05, 3.63) is 59.7 Å². The molecule has 1 aromatic rings. The van der Waals surface area contributed by atoms with E-state index in [1.165, 1.54) is 5.56 Å². The van der Waals surface area contributed by atoms with E-state index in [9.17, 15) is 4.79 Å². The van der Waals surface area contributed by atoms with E-state index in [2.05, 4.69) is 30.4 Å². The number of ketones is 1. The minimum atomic E-state index is 0.340. The van der Waals surface area contributed by atoms with Gasteiger partial charge in [0.1, 0.15) is 0 Å². The van der Waals surface area contributed by atoms with Crippen molar-refractivity contribution in [1.82, 2.24) is 0 Å². The second kappa shape index (κ2) is 6.19. The number of allylic oxidation sites excluding steroid dienone is 3. The predicted molar refractivity (Wildman–Crippen MR) is 79.2 cm³/mol. The van der Waals surface area contributed by atoms with Crippen LogP contribution < -0.4 is 0 Å². The molecule has 0 unspecified atom stereocenters. The molecule has 0 bridgehead atoms. The Hall–Kier alpha value is -1.67. The summed E-state index contributed by atoms with van der Waals surface area (Å²) in [4.78, 5) is 11.9. The average molecular weight is 268 g/mol. The van der Waals surface area contributed by atoms with Crippen LogP contribution in [0.25, 0.3) is 0 Å². The third-order valence-electron chi connectivity index (χ3n) is 4.20. The Morgan fingerprint density at radius 2 is 2.05 bits per heavy atom. The molecule has 3 rings (SSSR count). The van der Waals surface area contributed by atoms with Crippen molar-refractivity contribution in [2.75, 3.05) is 6.61 Å². The first-order chi connectivity index (χ1) is 9.84. The van der Waals surface area contributed by atoms with Crippen molar-refractivity contribution < 1.29 is 9.53 Å². The van der Waals surface area contributed by atoms with E-state index in [0.717, 1.165) is 18.4 Å². The summed E-state index contributed by atoms with van der Waals surface area (Å²) in [5.41, 5.74) is 2.24. The van der Waals surface area contributed by atoms with Crippen LogP contribution >= 0.6 is 0 Å². The number of fused-ring (bicyclic) bond motifs is 1. The number of rotatable bonds is 4. The highest BCUT2D eigenvalue weighted by molar-refractivity contribution is 5.98. The predicted octanol–water partition coefficient (Wildman–Crippen LogP) is 3.68. The Bertz CT molecular complexity index is 528. The zero-order valence-electron chi connectivity index (χ0n) is 11.6. The van der Waals surface area contributed by atoms with E-state index in [1.54, 1.807) is 0 Å². The molecule has 20 heavy (non-hydrogen) atoms. The summed E-state index contributed by atoms with van der Waals surface area (Å²) in [5.74, 6) is 1.06. The second-order valence-corrected chi connectivity index (χ2v) is 5.56. The third-order valence-corrected chi connectivity index (χ3v) is 4.20. The summed E-state index contributed by atoms with van der Waals surface area (Å²) in [5, 5.41) is 0. The number of ether oxygens (including phenoxy) is 1. The van der Waals surface area contributed by atoms with Crippen LogP contribution in [-0.2, 0) is 16.1 Å². The van der Waals surface area contributed by atoms with Gasteiger partial charge in [0.05, 0.1) is 13.2 Å². The molecule has 0 radical (unpaired) electrons. The standard InChI is InChI=1S/C18H20O2/c19-18-11-10-16-15(8-4-5-9-17(16)18)13-20-12-14-6-2-1-3-7-14/h1-4,6-9,15-16H,5,10-13H2/t15-,16+/m1/s1. The Kier molecular flexibility index (Phi) is 4.12. The van der Waals surface area contributed by atoms with Crippen LogP contribution in [0.15, 0.2) is 54.1 Å². The lowest BCUT2D eigenvalue weighted by Crippen LogP contribution is -2.18. The smallest absolute Gasteiger partial charge is 0.158 e. The Balaban J connectivity index is 1.59. The summed E-state index contributed by atoms with van der Waals surface area (Å²) in [6.45, 7) is 1.34. The largest absolute Gasteiger partial charge is 0.376 e. The van der Waals surface area contributed by atoms with E-state index in [-0.39, 0.29) is 0 Å². The van der Waals surface area contributed by atoms with Crippen LogP contribution in [0.1, 0.15) is 24.8 Å². The Morgan fingerprint density at radius 1 is 1.20 bits per heavy atom. The first kappa shape index (κ1) is 13.3. The fourth-order valence-electron chi connectivity index (χ4n) is 3.14. The summed E-state index contributed by atoms with van der Waals surface area (Å²) < 4.78 is 5.87. The lowest BCUT2D eigenvalue weighted by Gasteiger charge is -2.20. The quantitative estimate of drug-likeness (QED) is 0.779.